The Hall–Kier alpha value is -1.35. The van der Waals surface area contributed by atoms with E-state index in [1.807, 2.05) is 0 Å². The first-order valence-electron chi connectivity index (χ1n) is 7.90. The number of rotatable bonds is 5. The predicted molar refractivity (Wildman–Crippen MR) is 85.5 cm³/mol. The van der Waals surface area contributed by atoms with Gasteiger partial charge < -0.3 is 5.11 Å². The lowest BCUT2D eigenvalue weighted by molar-refractivity contribution is -0.148. The third-order valence-corrected chi connectivity index (χ3v) is 4.84. The lowest BCUT2D eigenvalue weighted by Gasteiger charge is -2.25. The molecule has 21 heavy (non-hydrogen) atoms. The number of hydrogen-bond donors (Lipinski definition) is 1. The van der Waals surface area contributed by atoms with E-state index in [-0.39, 0.29) is 0 Å². The smallest absolute Gasteiger partial charge is 0.310 e. The highest BCUT2D eigenvalue weighted by Gasteiger charge is 2.43. The second-order valence-electron chi connectivity index (χ2n) is 6.67. The summed E-state index contributed by atoms with van der Waals surface area (Å²) in [6, 6.07) is 4.43. The normalized spacial score (nSPS) is 22.7. The van der Waals surface area contributed by atoms with Crippen LogP contribution in [-0.2, 0) is 11.3 Å². The Bertz CT molecular complexity index is 515. The van der Waals surface area contributed by atoms with Gasteiger partial charge in [0, 0.05) is 13.1 Å². The van der Waals surface area contributed by atoms with Crippen LogP contribution in [0.3, 0.4) is 0 Å². The lowest BCUT2D eigenvalue weighted by Crippen LogP contribution is -2.34. The maximum absolute atomic E-state index is 11.7. The molecule has 1 aliphatic heterocycles. The van der Waals surface area contributed by atoms with Crippen molar-refractivity contribution >= 4 is 5.97 Å². The molecule has 1 aromatic rings. The Balaban J connectivity index is 2.14. The Labute approximate surface area is 128 Å². The molecule has 0 aliphatic carbocycles. The average molecular weight is 289 g/mol. The largest absolute Gasteiger partial charge is 0.481 e. The summed E-state index contributed by atoms with van der Waals surface area (Å²) in [6.07, 6.45) is 2.49. The molecule has 2 rings (SSSR count). The Morgan fingerprint density at radius 3 is 2.43 bits per heavy atom. The molecule has 1 N–H and O–H groups in total. The molecule has 3 heteroatoms. The fourth-order valence-electron chi connectivity index (χ4n) is 3.74. The van der Waals surface area contributed by atoms with Crippen LogP contribution in [0.2, 0.25) is 0 Å². The maximum Gasteiger partial charge on any atom is 0.310 e. The quantitative estimate of drug-likeness (QED) is 0.898. The zero-order valence-corrected chi connectivity index (χ0v) is 13.7. The van der Waals surface area contributed by atoms with Crippen molar-refractivity contribution in [1.29, 1.82) is 0 Å². The van der Waals surface area contributed by atoms with Gasteiger partial charge in [0.15, 0.2) is 0 Å². The van der Waals surface area contributed by atoms with E-state index in [0.29, 0.717) is 6.54 Å². The van der Waals surface area contributed by atoms with Gasteiger partial charge in [-0.2, -0.15) is 0 Å². The summed E-state index contributed by atoms with van der Waals surface area (Å²) < 4.78 is 0. The molecule has 1 aliphatic rings. The summed E-state index contributed by atoms with van der Waals surface area (Å²) in [5.41, 5.74) is 4.76. The molecule has 0 bridgehead atoms. The number of carbonyl (C=O) groups is 1. The van der Waals surface area contributed by atoms with Crippen molar-refractivity contribution in [3.8, 4) is 0 Å². The molecule has 1 atom stereocenters. The number of benzene rings is 1. The number of aliphatic carboxylic acids is 1. The van der Waals surface area contributed by atoms with Gasteiger partial charge in [-0.1, -0.05) is 31.0 Å². The number of likely N-dealkylation sites (tertiary alicyclic amines) is 1. The first-order chi connectivity index (χ1) is 9.88. The second kappa shape index (κ2) is 6.18. The van der Waals surface area contributed by atoms with E-state index in [1.165, 1.54) is 22.3 Å². The van der Waals surface area contributed by atoms with Crippen LogP contribution in [-0.4, -0.2) is 29.1 Å². The third-order valence-electron chi connectivity index (χ3n) is 4.84. The van der Waals surface area contributed by atoms with Crippen LogP contribution >= 0.6 is 0 Å². The van der Waals surface area contributed by atoms with Crippen LogP contribution < -0.4 is 0 Å². The van der Waals surface area contributed by atoms with Gasteiger partial charge in [-0.15, -0.1) is 0 Å². The Morgan fingerprint density at radius 1 is 1.29 bits per heavy atom. The van der Waals surface area contributed by atoms with E-state index in [1.54, 1.807) is 0 Å². The fraction of sp³-hybridized carbons (Fsp3) is 0.611. The highest BCUT2D eigenvalue weighted by atomic mass is 16.4. The summed E-state index contributed by atoms with van der Waals surface area (Å²) in [5, 5.41) is 9.60. The van der Waals surface area contributed by atoms with E-state index >= 15 is 0 Å². The second-order valence-corrected chi connectivity index (χ2v) is 6.67. The van der Waals surface area contributed by atoms with Crippen LogP contribution in [0, 0.1) is 26.2 Å². The zero-order chi connectivity index (χ0) is 15.6. The summed E-state index contributed by atoms with van der Waals surface area (Å²) >= 11 is 0. The number of carboxylic acid groups (broad SMARTS) is 1. The molecule has 0 amide bonds. The Morgan fingerprint density at radius 2 is 1.90 bits per heavy atom. The van der Waals surface area contributed by atoms with E-state index < -0.39 is 11.4 Å². The van der Waals surface area contributed by atoms with E-state index in [0.717, 1.165) is 32.4 Å². The van der Waals surface area contributed by atoms with Gasteiger partial charge in [-0.25, -0.2) is 0 Å². The maximum atomic E-state index is 11.7. The van der Waals surface area contributed by atoms with Gasteiger partial charge in [0.2, 0.25) is 0 Å². The van der Waals surface area contributed by atoms with Crippen molar-refractivity contribution in [2.75, 3.05) is 13.1 Å². The minimum atomic E-state index is -0.621. The topological polar surface area (TPSA) is 40.5 Å². The fourth-order valence-corrected chi connectivity index (χ4v) is 3.74. The Kier molecular flexibility index (Phi) is 4.72. The molecular formula is C18H27NO2. The predicted octanol–water partition coefficient (Wildman–Crippen LogP) is 3.69. The van der Waals surface area contributed by atoms with Crippen molar-refractivity contribution in [3.05, 3.63) is 34.4 Å². The highest BCUT2D eigenvalue weighted by Crippen LogP contribution is 2.36. The van der Waals surface area contributed by atoms with Crippen LogP contribution in [0.15, 0.2) is 12.1 Å². The summed E-state index contributed by atoms with van der Waals surface area (Å²) in [4.78, 5) is 14.0. The summed E-state index contributed by atoms with van der Waals surface area (Å²) in [5.74, 6) is -0.621. The first kappa shape index (κ1) is 16.0. The lowest BCUT2D eigenvalue weighted by atomic mass is 9.83. The van der Waals surface area contributed by atoms with Crippen molar-refractivity contribution in [1.82, 2.24) is 4.90 Å². The SMILES string of the molecule is CCCC1(C(=O)O)CCN(Cc2c(C)cc(C)cc2C)C1. The number of nitrogens with zero attached hydrogens (tertiary/aromatic N) is 1. The average Bonchev–Trinajstić information content (AvgIpc) is 2.79. The number of hydrogen-bond acceptors (Lipinski definition) is 2. The minimum Gasteiger partial charge on any atom is -0.481 e. The molecule has 0 spiro atoms. The molecule has 1 saturated heterocycles. The van der Waals surface area contributed by atoms with E-state index in [2.05, 4.69) is 44.7 Å². The number of aryl methyl sites for hydroxylation is 3. The molecule has 0 aromatic heterocycles. The first-order valence-corrected chi connectivity index (χ1v) is 7.90. The molecule has 1 fully saturated rings. The van der Waals surface area contributed by atoms with Gasteiger partial charge in [0.25, 0.3) is 0 Å². The molecule has 0 saturated carbocycles. The van der Waals surface area contributed by atoms with Gasteiger partial charge in [-0.3, -0.25) is 9.69 Å². The minimum absolute atomic E-state index is 0.527. The molecular weight excluding hydrogens is 262 g/mol. The molecule has 0 radical (unpaired) electrons. The zero-order valence-electron chi connectivity index (χ0n) is 13.7. The molecule has 1 unspecified atom stereocenters. The van der Waals surface area contributed by atoms with Crippen LogP contribution in [0.5, 0.6) is 0 Å². The van der Waals surface area contributed by atoms with E-state index in [4.69, 9.17) is 0 Å². The number of carboxylic acids is 1. The monoisotopic (exact) mass is 289 g/mol. The summed E-state index contributed by atoms with van der Waals surface area (Å²) in [7, 11) is 0. The molecule has 116 valence electrons. The van der Waals surface area contributed by atoms with Crippen molar-refractivity contribution < 1.29 is 9.90 Å². The van der Waals surface area contributed by atoms with Gasteiger partial charge in [-0.05, 0) is 56.8 Å². The van der Waals surface area contributed by atoms with Crippen molar-refractivity contribution in [2.24, 2.45) is 5.41 Å². The van der Waals surface area contributed by atoms with Gasteiger partial charge >= 0.3 is 5.97 Å². The van der Waals surface area contributed by atoms with Crippen molar-refractivity contribution in [3.63, 3.8) is 0 Å². The standard InChI is InChI=1S/C18H27NO2/c1-5-6-18(17(20)21)7-8-19(12-18)11-16-14(3)9-13(2)10-15(16)4/h9-10H,5-8,11-12H2,1-4H3,(H,20,21). The van der Waals surface area contributed by atoms with Crippen LogP contribution in [0.25, 0.3) is 0 Å². The van der Waals surface area contributed by atoms with Gasteiger partial charge in [0.05, 0.1) is 5.41 Å². The highest BCUT2D eigenvalue weighted by molar-refractivity contribution is 5.75. The molecule has 1 heterocycles. The van der Waals surface area contributed by atoms with Crippen molar-refractivity contribution in [2.45, 2.75) is 53.5 Å². The van der Waals surface area contributed by atoms with Crippen LogP contribution in [0.1, 0.15) is 48.4 Å². The van der Waals surface area contributed by atoms with E-state index in [9.17, 15) is 9.90 Å². The van der Waals surface area contributed by atoms with Crippen LogP contribution in [0.4, 0.5) is 0 Å². The molecule has 1 aromatic carbocycles. The summed E-state index contributed by atoms with van der Waals surface area (Å²) in [6.45, 7) is 10.9. The van der Waals surface area contributed by atoms with Gasteiger partial charge in [0.1, 0.15) is 0 Å². The third kappa shape index (κ3) is 3.29. The molecule has 3 nitrogen and oxygen atoms in total.